The second kappa shape index (κ2) is 7.88. The maximum atomic E-state index is 12.6. The Hall–Kier alpha value is -1.75. The van der Waals surface area contributed by atoms with E-state index in [-0.39, 0.29) is 11.9 Å². The number of nitrogens with one attached hydrogen (secondary N) is 1. The first-order chi connectivity index (χ1) is 11.7. The molecule has 0 bridgehead atoms. The average Bonchev–Trinajstić information content (AvgIpc) is 3.16. The second-order valence-electron chi connectivity index (χ2n) is 6.82. The summed E-state index contributed by atoms with van der Waals surface area (Å²) in [7, 11) is 3.18. The van der Waals surface area contributed by atoms with E-state index < -0.39 is 0 Å². The molecule has 3 rings (SSSR count). The zero-order valence-electron chi connectivity index (χ0n) is 14.7. The maximum absolute atomic E-state index is 12.6. The predicted octanol–water partition coefficient (Wildman–Crippen LogP) is 2.84. The maximum Gasteiger partial charge on any atom is 0.251 e. The molecule has 2 fully saturated rings. The van der Waals surface area contributed by atoms with E-state index in [0.717, 1.165) is 32.0 Å². The summed E-state index contributed by atoms with van der Waals surface area (Å²) in [5.74, 6) is 1.22. The molecule has 1 saturated heterocycles. The molecule has 1 amide bonds. The number of hydrogen-bond acceptors (Lipinski definition) is 4. The van der Waals surface area contributed by atoms with Crippen LogP contribution in [-0.2, 0) is 0 Å². The third-order valence-electron chi connectivity index (χ3n) is 5.32. The summed E-state index contributed by atoms with van der Waals surface area (Å²) in [6, 6.07) is 6.32. The van der Waals surface area contributed by atoms with E-state index in [4.69, 9.17) is 9.47 Å². The first kappa shape index (κ1) is 17.1. The van der Waals surface area contributed by atoms with Crippen molar-refractivity contribution in [2.24, 2.45) is 0 Å². The van der Waals surface area contributed by atoms with E-state index in [2.05, 4.69) is 10.2 Å². The minimum absolute atomic E-state index is 0.0495. The van der Waals surface area contributed by atoms with Crippen LogP contribution in [0.1, 0.15) is 48.9 Å². The summed E-state index contributed by atoms with van der Waals surface area (Å²) >= 11 is 0. The molecule has 0 unspecified atom stereocenters. The molecule has 0 atom stereocenters. The highest BCUT2D eigenvalue weighted by atomic mass is 16.5. The summed E-state index contributed by atoms with van der Waals surface area (Å²) < 4.78 is 10.5. The summed E-state index contributed by atoms with van der Waals surface area (Å²) in [5.41, 5.74) is 0.587. The van der Waals surface area contributed by atoms with Gasteiger partial charge < -0.3 is 19.7 Å². The normalized spacial score (nSPS) is 20.1. The van der Waals surface area contributed by atoms with Crippen molar-refractivity contribution < 1.29 is 14.3 Å². The smallest absolute Gasteiger partial charge is 0.251 e. The number of rotatable bonds is 5. The number of ether oxygens (including phenoxy) is 2. The number of likely N-dealkylation sites (tertiary alicyclic amines) is 1. The zero-order valence-corrected chi connectivity index (χ0v) is 14.7. The van der Waals surface area contributed by atoms with Crippen LogP contribution in [0.15, 0.2) is 18.2 Å². The van der Waals surface area contributed by atoms with Gasteiger partial charge >= 0.3 is 0 Å². The Labute approximate surface area is 144 Å². The third-order valence-corrected chi connectivity index (χ3v) is 5.32. The first-order valence-electron chi connectivity index (χ1n) is 8.97. The summed E-state index contributed by atoms with van der Waals surface area (Å²) in [6.45, 7) is 2.19. The van der Waals surface area contributed by atoms with E-state index in [9.17, 15) is 4.79 Å². The van der Waals surface area contributed by atoms with Crippen molar-refractivity contribution in [3.8, 4) is 11.5 Å². The van der Waals surface area contributed by atoms with Gasteiger partial charge in [0, 0.05) is 36.8 Å². The number of amides is 1. The van der Waals surface area contributed by atoms with Crippen molar-refractivity contribution in [2.75, 3.05) is 27.3 Å². The Bertz CT molecular complexity index is 539. The van der Waals surface area contributed by atoms with Gasteiger partial charge in [-0.2, -0.15) is 0 Å². The van der Waals surface area contributed by atoms with E-state index in [1.165, 1.54) is 25.7 Å². The lowest BCUT2D eigenvalue weighted by atomic mass is 10.0. The first-order valence-corrected chi connectivity index (χ1v) is 8.97. The highest BCUT2D eigenvalue weighted by Gasteiger charge is 2.27. The van der Waals surface area contributed by atoms with Crippen LogP contribution < -0.4 is 14.8 Å². The van der Waals surface area contributed by atoms with Crippen LogP contribution in [0.2, 0.25) is 0 Å². The second-order valence-corrected chi connectivity index (χ2v) is 6.82. The topological polar surface area (TPSA) is 50.8 Å². The Kier molecular flexibility index (Phi) is 5.61. The lowest BCUT2D eigenvalue weighted by Gasteiger charge is -2.36. The number of benzene rings is 1. The van der Waals surface area contributed by atoms with Gasteiger partial charge in [-0.25, -0.2) is 0 Å². The number of carbonyl (C=O) groups excluding carboxylic acids is 1. The van der Waals surface area contributed by atoms with Gasteiger partial charge in [-0.1, -0.05) is 12.8 Å². The van der Waals surface area contributed by atoms with Crippen molar-refractivity contribution in [1.82, 2.24) is 10.2 Å². The fourth-order valence-corrected chi connectivity index (χ4v) is 3.89. The molecule has 1 aliphatic heterocycles. The summed E-state index contributed by atoms with van der Waals surface area (Å²) in [6.07, 6.45) is 7.51. The highest BCUT2D eigenvalue weighted by Crippen LogP contribution is 2.26. The number of methoxy groups -OCH3 is 2. The van der Waals surface area contributed by atoms with E-state index >= 15 is 0 Å². The average molecular weight is 332 g/mol. The van der Waals surface area contributed by atoms with Gasteiger partial charge in [0.2, 0.25) is 0 Å². The van der Waals surface area contributed by atoms with Gasteiger partial charge in [0.1, 0.15) is 11.5 Å². The molecular weight excluding hydrogens is 304 g/mol. The monoisotopic (exact) mass is 332 g/mol. The fraction of sp³-hybridized carbons (Fsp3) is 0.632. The molecule has 2 aliphatic rings. The van der Waals surface area contributed by atoms with E-state index in [0.29, 0.717) is 17.1 Å². The molecule has 0 aromatic heterocycles. The molecule has 1 N–H and O–H groups in total. The molecule has 132 valence electrons. The third kappa shape index (κ3) is 4.01. The van der Waals surface area contributed by atoms with Gasteiger partial charge in [0.05, 0.1) is 14.2 Å². The zero-order chi connectivity index (χ0) is 16.9. The molecule has 1 aliphatic carbocycles. The molecule has 1 aromatic rings. The molecule has 5 nitrogen and oxygen atoms in total. The molecule has 0 radical (unpaired) electrons. The van der Waals surface area contributed by atoms with Crippen LogP contribution in [0, 0.1) is 0 Å². The van der Waals surface area contributed by atoms with E-state index in [1.807, 2.05) is 0 Å². The van der Waals surface area contributed by atoms with Crippen molar-refractivity contribution in [3.63, 3.8) is 0 Å². The minimum Gasteiger partial charge on any atom is -0.497 e. The Balaban J connectivity index is 1.55. The molecular formula is C19H28N2O3. The summed E-state index contributed by atoms with van der Waals surface area (Å²) in [5, 5.41) is 3.17. The van der Waals surface area contributed by atoms with Crippen molar-refractivity contribution in [3.05, 3.63) is 23.8 Å². The van der Waals surface area contributed by atoms with Gasteiger partial charge in [0.15, 0.2) is 0 Å². The molecule has 5 heteroatoms. The Morgan fingerprint density at radius 2 is 1.58 bits per heavy atom. The lowest BCUT2D eigenvalue weighted by molar-refractivity contribution is 0.0892. The van der Waals surface area contributed by atoms with Crippen LogP contribution in [0.4, 0.5) is 0 Å². The number of carbonyl (C=O) groups is 1. The van der Waals surface area contributed by atoms with Crippen LogP contribution in [-0.4, -0.2) is 50.2 Å². The van der Waals surface area contributed by atoms with Crippen molar-refractivity contribution >= 4 is 5.91 Å². The van der Waals surface area contributed by atoms with Gasteiger partial charge in [-0.15, -0.1) is 0 Å². The number of hydrogen-bond donors (Lipinski definition) is 1. The van der Waals surface area contributed by atoms with Crippen LogP contribution in [0.3, 0.4) is 0 Å². The van der Waals surface area contributed by atoms with Gasteiger partial charge in [-0.05, 0) is 37.8 Å². The Morgan fingerprint density at radius 1 is 1.00 bits per heavy atom. The minimum atomic E-state index is -0.0495. The predicted molar refractivity (Wildman–Crippen MR) is 93.9 cm³/mol. The lowest BCUT2D eigenvalue weighted by Crippen LogP contribution is -2.47. The van der Waals surface area contributed by atoms with Crippen LogP contribution in [0.25, 0.3) is 0 Å². The SMILES string of the molecule is COc1cc(OC)cc(C(=O)NC2CCN(C3CCCC3)CC2)c1. The molecule has 1 heterocycles. The van der Waals surface area contributed by atoms with Crippen LogP contribution in [0.5, 0.6) is 11.5 Å². The quantitative estimate of drug-likeness (QED) is 0.901. The molecule has 1 saturated carbocycles. The standard InChI is InChI=1S/C19H28N2O3/c1-23-17-11-14(12-18(13-17)24-2)19(22)20-15-7-9-21(10-8-15)16-5-3-4-6-16/h11-13,15-16H,3-10H2,1-2H3,(H,20,22). The van der Waals surface area contributed by atoms with Gasteiger partial charge in [0.25, 0.3) is 5.91 Å². The van der Waals surface area contributed by atoms with Crippen molar-refractivity contribution in [1.29, 1.82) is 0 Å². The van der Waals surface area contributed by atoms with E-state index in [1.54, 1.807) is 32.4 Å². The number of nitrogens with zero attached hydrogens (tertiary/aromatic N) is 1. The number of piperidine rings is 1. The highest BCUT2D eigenvalue weighted by molar-refractivity contribution is 5.95. The summed E-state index contributed by atoms with van der Waals surface area (Å²) in [4.78, 5) is 15.2. The van der Waals surface area contributed by atoms with Crippen molar-refractivity contribution in [2.45, 2.75) is 50.6 Å². The molecule has 24 heavy (non-hydrogen) atoms. The van der Waals surface area contributed by atoms with Crippen LogP contribution >= 0.6 is 0 Å². The molecule has 0 spiro atoms. The van der Waals surface area contributed by atoms with Gasteiger partial charge in [-0.3, -0.25) is 4.79 Å². The largest absolute Gasteiger partial charge is 0.497 e. The Morgan fingerprint density at radius 3 is 2.12 bits per heavy atom. The fourth-order valence-electron chi connectivity index (χ4n) is 3.89. The molecule has 1 aromatic carbocycles.